The number of benzene rings is 3. The molecule has 3 atom stereocenters. The molecule has 10 nitrogen and oxygen atoms in total. The van der Waals surface area contributed by atoms with Crippen LogP contribution in [0.25, 0.3) is 0 Å². The van der Waals surface area contributed by atoms with Gasteiger partial charge < -0.3 is 9.64 Å². The van der Waals surface area contributed by atoms with Gasteiger partial charge in [0.25, 0.3) is 5.91 Å². The zero-order valence-electron chi connectivity index (χ0n) is 27.9. The summed E-state index contributed by atoms with van der Waals surface area (Å²) in [5.74, 6) is 0.205. The van der Waals surface area contributed by atoms with Crippen molar-refractivity contribution in [1.82, 2.24) is 25.2 Å². The summed E-state index contributed by atoms with van der Waals surface area (Å²) in [6, 6.07) is 20.0. The standard InChI is InChI=1S/C35H41Cl3N6O4S/c1-5-48-30-21-27(34(2,3)22-39)29(38)20-28(30)35(33(45)44-18-16-43(17-19-44)15-14-40-49(4,46)47)41-31(23-6-10-25(36)11-7-23)32(42-35)24-8-12-26(37)13-9-24/h6-13,20-21,31-32,40-42H,5,14-19H2,1-4H3/t31-,32+,35?. The molecule has 1 unspecified atom stereocenters. The Labute approximate surface area is 303 Å². The number of piperazine rings is 1. The van der Waals surface area contributed by atoms with Crippen molar-refractivity contribution >= 4 is 50.7 Å². The maximum absolute atomic E-state index is 15.1. The average Bonchev–Trinajstić information content (AvgIpc) is 3.47. The minimum absolute atomic E-state index is 0.221. The van der Waals surface area contributed by atoms with Gasteiger partial charge in [0.2, 0.25) is 10.0 Å². The molecular formula is C35H41Cl3N6O4S. The zero-order valence-corrected chi connectivity index (χ0v) is 31.0. The largest absolute Gasteiger partial charge is 0.493 e. The van der Waals surface area contributed by atoms with E-state index in [1.54, 1.807) is 30.9 Å². The van der Waals surface area contributed by atoms with Gasteiger partial charge in [-0.25, -0.2) is 13.1 Å². The number of halogens is 3. The second-order valence-corrected chi connectivity index (χ2v) is 16.0. The molecule has 2 aliphatic rings. The predicted octanol–water partition coefficient (Wildman–Crippen LogP) is 5.37. The molecule has 0 spiro atoms. The van der Waals surface area contributed by atoms with Crippen LogP contribution in [-0.4, -0.2) is 76.3 Å². The van der Waals surface area contributed by atoms with E-state index in [2.05, 4.69) is 26.3 Å². The first-order valence-corrected chi connectivity index (χ1v) is 19.1. The van der Waals surface area contributed by atoms with Crippen LogP contribution in [0.3, 0.4) is 0 Å². The van der Waals surface area contributed by atoms with Crippen LogP contribution in [0.15, 0.2) is 60.7 Å². The SMILES string of the molecule is CCOc1cc(C(C)(C)C#N)c(Cl)cc1C1(C(=O)N2CCN(CCNS(C)(=O)=O)CC2)N[C@H](c2ccc(Cl)cc2)[C@H](c2ccc(Cl)cc2)N1. The van der Waals surface area contributed by atoms with Crippen LogP contribution in [0.2, 0.25) is 15.1 Å². The van der Waals surface area contributed by atoms with Gasteiger partial charge in [-0.05, 0) is 73.9 Å². The molecule has 2 fully saturated rings. The van der Waals surface area contributed by atoms with Gasteiger partial charge in [0, 0.05) is 59.9 Å². The van der Waals surface area contributed by atoms with Crippen LogP contribution in [-0.2, 0) is 25.9 Å². The Bertz CT molecular complexity index is 1750. The summed E-state index contributed by atoms with van der Waals surface area (Å²) in [7, 11) is -3.30. The van der Waals surface area contributed by atoms with Crippen LogP contribution >= 0.6 is 34.8 Å². The number of nitriles is 1. The second-order valence-electron chi connectivity index (χ2n) is 12.9. The van der Waals surface area contributed by atoms with E-state index in [1.807, 2.05) is 55.5 Å². The van der Waals surface area contributed by atoms with Crippen LogP contribution < -0.4 is 20.1 Å². The van der Waals surface area contributed by atoms with Crippen LogP contribution in [0, 0.1) is 11.3 Å². The van der Waals surface area contributed by atoms with Crippen molar-refractivity contribution in [2.45, 2.75) is 43.9 Å². The fourth-order valence-corrected chi connectivity index (χ4v) is 7.54. The first-order valence-electron chi connectivity index (χ1n) is 16.1. The van der Waals surface area contributed by atoms with Gasteiger partial charge in [-0.1, -0.05) is 59.1 Å². The third kappa shape index (κ3) is 8.35. The number of hydrogen-bond donors (Lipinski definition) is 3. The highest BCUT2D eigenvalue weighted by molar-refractivity contribution is 7.88. The lowest BCUT2D eigenvalue weighted by atomic mass is 9.84. The van der Waals surface area contributed by atoms with Crippen LogP contribution in [0.5, 0.6) is 5.75 Å². The number of amides is 1. The lowest BCUT2D eigenvalue weighted by molar-refractivity contribution is -0.141. The molecule has 2 saturated heterocycles. The molecule has 0 aliphatic carbocycles. The van der Waals surface area contributed by atoms with E-state index < -0.39 is 33.2 Å². The smallest absolute Gasteiger partial charge is 0.262 e. The normalized spacial score (nSPS) is 21.8. The molecule has 2 heterocycles. The van der Waals surface area contributed by atoms with E-state index in [9.17, 15) is 13.7 Å². The molecule has 14 heteroatoms. The Morgan fingerprint density at radius 3 is 1.98 bits per heavy atom. The third-order valence-corrected chi connectivity index (χ3v) is 10.6. The van der Waals surface area contributed by atoms with Crippen molar-refractivity contribution in [3.8, 4) is 11.8 Å². The number of nitrogens with one attached hydrogen (secondary N) is 3. The molecule has 262 valence electrons. The van der Waals surface area contributed by atoms with Gasteiger partial charge in [-0.3, -0.25) is 20.3 Å². The minimum atomic E-state index is -3.30. The summed E-state index contributed by atoms with van der Waals surface area (Å²) in [4.78, 5) is 19.1. The Kier molecular flexibility index (Phi) is 11.5. The minimum Gasteiger partial charge on any atom is -0.493 e. The van der Waals surface area contributed by atoms with Crippen LogP contribution in [0.1, 0.15) is 55.1 Å². The monoisotopic (exact) mass is 746 g/mol. The molecule has 3 aromatic carbocycles. The summed E-state index contributed by atoms with van der Waals surface area (Å²) in [5.41, 5.74) is 0.455. The molecule has 0 saturated carbocycles. The van der Waals surface area contributed by atoms with Crippen molar-refractivity contribution < 1.29 is 17.9 Å². The fraction of sp³-hybridized carbons (Fsp3) is 0.429. The first-order chi connectivity index (χ1) is 23.2. The fourth-order valence-electron chi connectivity index (χ4n) is 6.42. The number of ether oxygens (including phenoxy) is 1. The Morgan fingerprint density at radius 2 is 1.51 bits per heavy atom. The zero-order chi connectivity index (χ0) is 35.6. The maximum Gasteiger partial charge on any atom is 0.262 e. The van der Waals surface area contributed by atoms with Crippen molar-refractivity contribution in [2.24, 2.45) is 0 Å². The Morgan fingerprint density at radius 1 is 0.980 bits per heavy atom. The van der Waals surface area contributed by atoms with E-state index in [4.69, 9.17) is 39.5 Å². The Balaban J connectivity index is 1.61. The van der Waals surface area contributed by atoms with Crippen molar-refractivity contribution in [2.75, 3.05) is 52.1 Å². The van der Waals surface area contributed by atoms with Crippen molar-refractivity contribution in [3.05, 3.63) is 98.0 Å². The summed E-state index contributed by atoms with van der Waals surface area (Å²) < 4.78 is 31.9. The first kappa shape index (κ1) is 37.3. The van der Waals surface area contributed by atoms with E-state index in [-0.39, 0.29) is 12.5 Å². The lowest BCUT2D eigenvalue weighted by Crippen LogP contribution is -2.62. The molecule has 49 heavy (non-hydrogen) atoms. The molecule has 1 amide bonds. The highest BCUT2D eigenvalue weighted by Crippen LogP contribution is 2.47. The van der Waals surface area contributed by atoms with E-state index >= 15 is 4.79 Å². The van der Waals surface area contributed by atoms with Crippen molar-refractivity contribution in [3.63, 3.8) is 0 Å². The Hall–Kier alpha value is -2.92. The second kappa shape index (κ2) is 15.1. The maximum atomic E-state index is 15.1. The van der Waals surface area contributed by atoms with Gasteiger partial charge in [0.05, 0.1) is 36.4 Å². The van der Waals surface area contributed by atoms with Crippen molar-refractivity contribution in [1.29, 1.82) is 5.26 Å². The summed E-state index contributed by atoms with van der Waals surface area (Å²) in [6.07, 6.45) is 1.13. The van der Waals surface area contributed by atoms with Gasteiger partial charge in [0.1, 0.15) is 5.75 Å². The molecule has 0 bridgehead atoms. The number of hydrogen-bond acceptors (Lipinski definition) is 8. The third-order valence-electron chi connectivity index (χ3n) is 9.03. The molecule has 0 aromatic heterocycles. The van der Waals surface area contributed by atoms with Gasteiger partial charge >= 0.3 is 0 Å². The molecule has 5 rings (SSSR count). The number of carbonyl (C=O) groups excluding carboxylic acids is 1. The lowest BCUT2D eigenvalue weighted by Gasteiger charge is -2.41. The molecule has 3 N–H and O–H groups in total. The molecule has 0 radical (unpaired) electrons. The van der Waals surface area contributed by atoms with E-state index in [0.29, 0.717) is 71.3 Å². The number of sulfonamides is 1. The van der Waals surface area contributed by atoms with E-state index in [1.165, 1.54) is 0 Å². The van der Waals surface area contributed by atoms with Gasteiger partial charge in [-0.15, -0.1) is 0 Å². The van der Waals surface area contributed by atoms with E-state index in [0.717, 1.165) is 17.4 Å². The highest BCUT2D eigenvalue weighted by Gasteiger charge is 2.55. The number of rotatable bonds is 11. The summed E-state index contributed by atoms with van der Waals surface area (Å²) >= 11 is 19.5. The van der Waals surface area contributed by atoms with Gasteiger partial charge in [-0.2, -0.15) is 5.26 Å². The molecule has 3 aromatic rings. The molecule has 2 aliphatic heterocycles. The quantitative estimate of drug-likeness (QED) is 0.239. The number of nitrogens with zero attached hydrogens (tertiary/aromatic N) is 3. The summed E-state index contributed by atoms with van der Waals surface area (Å²) in [5, 5.41) is 18.9. The topological polar surface area (TPSA) is 127 Å². The van der Waals surface area contributed by atoms with Crippen LogP contribution in [0.4, 0.5) is 0 Å². The predicted molar refractivity (Wildman–Crippen MR) is 193 cm³/mol. The average molecular weight is 748 g/mol. The van der Waals surface area contributed by atoms with Gasteiger partial charge in [0.15, 0.2) is 5.66 Å². The highest BCUT2D eigenvalue weighted by atomic mass is 35.5. The summed E-state index contributed by atoms with van der Waals surface area (Å²) in [6.45, 7) is 8.50. The molecular weight excluding hydrogens is 707 g/mol. The number of carbonyl (C=O) groups is 1.